The number of carbonyl (C=O) groups excluding carboxylic acids is 2. The van der Waals surface area contributed by atoms with Gasteiger partial charge in [0.15, 0.2) is 5.78 Å². The third kappa shape index (κ3) is 3.74. The number of ketones is 1. The molecule has 0 radical (unpaired) electrons. The molecule has 2 aliphatic carbocycles. The zero-order valence-electron chi connectivity index (χ0n) is 16.3. The summed E-state index contributed by atoms with van der Waals surface area (Å²) in [4.78, 5) is 25.2. The SMILES string of the molecule is C=C1/C=C(Br)\C=C/CCC2(CCC(C)(OC)CC2)C1(NC(C)=O)C(C)=O. The number of allylic oxidation sites excluding steroid dienone is 3. The van der Waals surface area contributed by atoms with Crippen molar-refractivity contribution in [3.63, 3.8) is 0 Å². The molecule has 1 atom stereocenters. The Morgan fingerprint density at radius 3 is 2.31 bits per heavy atom. The normalized spacial score (nSPS) is 38.5. The van der Waals surface area contributed by atoms with Gasteiger partial charge in [-0.25, -0.2) is 0 Å². The summed E-state index contributed by atoms with van der Waals surface area (Å²) >= 11 is 3.53. The van der Waals surface area contributed by atoms with Crippen molar-refractivity contribution in [1.82, 2.24) is 5.32 Å². The first-order valence-corrected chi connectivity index (χ1v) is 9.98. The van der Waals surface area contributed by atoms with E-state index in [2.05, 4.69) is 40.8 Å². The lowest BCUT2D eigenvalue weighted by Crippen LogP contribution is -2.66. The van der Waals surface area contributed by atoms with Crippen LogP contribution in [0.2, 0.25) is 0 Å². The molecule has 1 unspecified atom stereocenters. The lowest BCUT2D eigenvalue weighted by molar-refractivity contribution is -0.139. The van der Waals surface area contributed by atoms with Gasteiger partial charge < -0.3 is 10.1 Å². The minimum atomic E-state index is -1.10. The Morgan fingerprint density at radius 2 is 1.81 bits per heavy atom. The number of ether oxygens (including phenoxy) is 1. The van der Waals surface area contributed by atoms with Crippen molar-refractivity contribution in [3.8, 4) is 0 Å². The van der Waals surface area contributed by atoms with E-state index in [0.717, 1.165) is 43.0 Å². The molecule has 0 aromatic heterocycles. The maximum atomic E-state index is 13.1. The minimum absolute atomic E-state index is 0.0582. The molecular formula is C21H30BrNO3. The third-order valence-electron chi connectivity index (χ3n) is 6.31. The molecule has 0 aromatic rings. The molecule has 26 heavy (non-hydrogen) atoms. The van der Waals surface area contributed by atoms with Crippen molar-refractivity contribution < 1.29 is 14.3 Å². The van der Waals surface area contributed by atoms with E-state index in [0.29, 0.717) is 5.57 Å². The van der Waals surface area contributed by atoms with Crippen molar-refractivity contribution in [2.24, 2.45) is 5.41 Å². The zero-order valence-corrected chi connectivity index (χ0v) is 17.9. The van der Waals surface area contributed by atoms with Gasteiger partial charge in [0.05, 0.1) is 5.60 Å². The highest BCUT2D eigenvalue weighted by Crippen LogP contribution is 2.54. The number of hydrogen-bond acceptors (Lipinski definition) is 3. The van der Waals surface area contributed by atoms with Crippen LogP contribution in [0.4, 0.5) is 0 Å². The number of rotatable bonds is 3. The van der Waals surface area contributed by atoms with Gasteiger partial charge in [0.25, 0.3) is 0 Å². The topological polar surface area (TPSA) is 55.4 Å². The highest BCUT2D eigenvalue weighted by molar-refractivity contribution is 9.11. The van der Waals surface area contributed by atoms with Crippen LogP contribution in [0.1, 0.15) is 59.3 Å². The van der Waals surface area contributed by atoms with Gasteiger partial charge in [-0.05, 0) is 64.0 Å². The molecular weight excluding hydrogens is 394 g/mol. The van der Waals surface area contributed by atoms with Crippen LogP contribution in [-0.4, -0.2) is 29.9 Å². The predicted octanol–water partition coefficient (Wildman–Crippen LogP) is 4.60. The maximum Gasteiger partial charge on any atom is 0.217 e. The van der Waals surface area contributed by atoms with Crippen LogP contribution in [0.3, 0.4) is 0 Å². The van der Waals surface area contributed by atoms with Crippen molar-refractivity contribution in [2.45, 2.75) is 70.4 Å². The van der Waals surface area contributed by atoms with Gasteiger partial charge in [-0.3, -0.25) is 9.59 Å². The van der Waals surface area contributed by atoms with Gasteiger partial charge in [-0.15, -0.1) is 0 Å². The fourth-order valence-electron chi connectivity index (χ4n) is 4.66. The standard InChI is InChI=1S/C21H30BrNO3/c1-15-14-18(22)8-6-7-9-20(12-10-19(4,26-5)11-13-20)21(15,16(2)24)23-17(3)25/h6,8,14H,1,7,9-13H2,2-5H3,(H,23,25)/b8-6-,18-14+. The van der Waals surface area contributed by atoms with E-state index in [9.17, 15) is 9.59 Å². The van der Waals surface area contributed by atoms with Gasteiger partial charge in [-0.1, -0.05) is 34.7 Å². The predicted molar refractivity (Wildman–Crippen MR) is 108 cm³/mol. The number of hydrogen-bond donors (Lipinski definition) is 1. The van der Waals surface area contributed by atoms with Crippen LogP contribution in [0, 0.1) is 5.41 Å². The quantitative estimate of drug-likeness (QED) is 0.721. The number of halogens is 1. The Labute approximate surface area is 165 Å². The number of Topliss-reactive ketones (excluding diaryl/α,β-unsaturated/α-hetero) is 1. The van der Waals surface area contributed by atoms with E-state index in [-0.39, 0.29) is 22.7 Å². The molecule has 1 amide bonds. The second kappa shape index (κ2) is 7.81. The summed E-state index contributed by atoms with van der Waals surface area (Å²) < 4.78 is 6.57. The van der Waals surface area contributed by atoms with Gasteiger partial charge in [0.2, 0.25) is 5.91 Å². The molecule has 1 spiro atoms. The number of carbonyl (C=O) groups is 2. The van der Waals surface area contributed by atoms with E-state index in [1.807, 2.05) is 12.2 Å². The Bertz CT molecular complexity index is 656. The molecule has 4 nitrogen and oxygen atoms in total. The Hall–Kier alpha value is -1.20. The van der Waals surface area contributed by atoms with Crippen molar-refractivity contribution >= 4 is 27.6 Å². The van der Waals surface area contributed by atoms with Crippen molar-refractivity contribution in [2.75, 3.05) is 7.11 Å². The summed E-state index contributed by atoms with van der Waals surface area (Å²) in [7, 11) is 1.74. The van der Waals surface area contributed by atoms with Crippen LogP contribution < -0.4 is 5.32 Å². The summed E-state index contributed by atoms with van der Waals surface area (Å²) in [5.41, 5.74) is -1.02. The molecule has 1 saturated carbocycles. The Balaban J connectivity index is 2.63. The molecule has 0 saturated heterocycles. The Morgan fingerprint density at radius 1 is 1.19 bits per heavy atom. The van der Waals surface area contributed by atoms with Crippen LogP contribution in [0.25, 0.3) is 0 Å². The van der Waals surface area contributed by atoms with E-state index in [1.54, 1.807) is 14.0 Å². The first kappa shape index (κ1) is 21.1. The average molecular weight is 424 g/mol. The highest BCUT2D eigenvalue weighted by atomic mass is 79.9. The second-order valence-electron chi connectivity index (χ2n) is 7.92. The van der Waals surface area contributed by atoms with E-state index >= 15 is 0 Å². The summed E-state index contributed by atoms with van der Waals surface area (Å²) in [6.07, 6.45) is 10.9. The molecule has 0 aliphatic heterocycles. The Kier molecular flexibility index (Phi) is 6.34. The highest BCUT2D eigenvalue weighted by Gasteiger charge is 2.58. The van der Waals surface area contributed by atoms with Gasteiger partial charge in [-0.2, -0.15) is 0 Å². The number of methoxy groups -OCH3 is 1. The van der Waals surface area contributed by atoms with Crippen LogP contribution in [-0.2, 0) is 14.3 Å². The minimum Gasteiger partial charge on any atom is -0.379 e. The summed E-state index contributed by atoms with van der Waals surface area (Å²) in [5.74, 6) is -0.269. The zero-order chi connectivity index (χ0) is 19.6. The summed E-state index contributed by atoms with van der Waals surface area (Å²) in [5, 5.41) is 3.04. The second-order valence-corrected chi connectivity index (χ2v) is 8.83. The lowest BCUT2D eigenvalue weighted by Gasteiger charge is -2.55. The van der Waals surface area contributed by atoms with Crippen LogP contribution in [0.15, 0.2) is 34.9 Å². The number of amides is 1. The largest absolute Gasteiger partial charge is 0.379 e. The summed E-state index contributed by atoms with van der Waals surface area (Å²) in [6, 6.07) is 0. The molecule has 2 rings (SSSR count). The maximum absolute atomic E-state index is 13.1. The van der Waals surface area contributed by atoms with Gasteiger partial charge in [0.1, 0.15) is 5.54 Å². The van der Waals surface area contributed by atoms with Crippen molar-refractivity contribution in [3.05, 3.63) is 34.9 Å². The summed E-state index contributed by atoms with van der Waals surface area (Å²) in [6.45, 7) is 9.39. The van der Waals surface area contributed by atoms with E-state index in [1.165, 1.54) is 6.92 Å². The van der Waals surface area contributed by atoms with Crippen molar-refractivity contribution in [1.29, 1.82) is 0 Å². The van der Waals surface area contributed by atoms with Gasteiger partial charge in [0, 0.05) is 23.9 Å². The average Bonchev–Trinajstić information content (AvgIpc) is 2.61. The lowest BCUT2D eigenvalue weighted by atomic mass is 9.54. The fraction of sp³-hybridized carbons (Fsp3) is 0.619. The molecule has 144 valence electrons. The van der Waals surface area contributed by atoms with Gasteiger partial charge >= 0.3 is 0 Å². The van der Waals surface area contributed by atoms with Crippen LogP contribution >= 0.6 is 15.9 Å². The monoisotopic (exact) mass is 423 g/mol. The molecule has 5 heteroatoms. The molecule has 2 aliphatic rings. The molecule has 1 N–H and O–H groups in total. The molecule has 0 bridgehead atoms. The molecule has 1 fully saturated rings. The fourth-order valence-corrected chi connectivity index (χ4v) is 5.12. The molecule has 0 aromatic carbocycles. The first-order chi connectivity index (χ1) is 12.1. The van der Waals surface area contributed by atoms with Crippen LogP contribution in [0.5, 0.6) is 0 Å². The van der Waals surface area contributed by atoms with E-state index < -0.39 is 5.54 Å². The van der Waals surface area contributed by atoms with E-state index in [4.69, 9.17) is 4.74 Å². The number of nitrogens with one attached hydrogen (secondary N) is 1. The smallest absolute Gasteiger partial charge is 0.217 e. The first-order valence-electron chi connectivity index (χ1n) is 9.19. The molecule has 0 heterocycles. The third-order valence-corrected chi connectivity index (χ3v) is 6.80.